The maximum Gasteiger partial charge on any atom is 0.294 e. The van der Waals surface area contributed by atoms with E-state index in [1.165, 1.54) is 24.3 Å². The standard InChI is InChI=1S/C25H21FN4O4S/c1-15-12-18(16(2)30(15)28-23(32)17-6-4-3-5-7-17)13-21-24(33)29(25(34)35-21)14-22(31)27-20-10-8-19(26)9-11-20/h3-13H,14H2,1-2H3,(H,27,31)(H,28,32)/b21-13-. The molecule has 0 unspecified atom stereocenters. The summed E-state index contributed by atoms with van der Waals surface area (Å²) in [5, 5.41) is 1.96. The van der Waals surface area contributed by atoms with Crippen molar-refractivity contribution >= 4 is 46.5 Å². The van der Waals surface area contributed by atoms with E-state index in [1.54, 1.807) is 54.9 Å². The third-order valence-electron chi connectivity index (χ3n) is 5.31. The summed E-state index contributed by atoms with van der Waals surface area (Å²) < 4.78 is 14.6. The van der Waals surface area contributed by atoms with E-state index in [1.807, 2.05) is 6.07 Å². The number of hydrogen-bond acceptors (Lipinski definition) is 5. The third-order valence-corrected chi connectivity index (χ3v) is 6.22. The topological polar surface area (TPSA) is 101 Å². The van der Waals surface area contributed by atoms with Gasteiger partial charge in [-0.15, -0.1) is 0 Å². The SMILES string of the molecule is Cc1cc(/C=C2\SC(=O)N(CC(=O)Nc3ccc(F)cc3)C2=O)c(C)n1NC(=O)c1ccccc1. The van der Waals surface area contributed by atoms with Crippen LogP contribution in [-0.2, 0) is 9.59 Å². The molecular formula is C25H21FN4O4S. The fraction of sp³-hybridized carbons (Fsp3) is 0.120. The van der Waals surface area contributed by atoms with Gasteiger partial charge in [0.05, 0.1) is 4.91 Å². The number of halogens is 1. The fourth-order valence-electron chi connectivity index (χ4n) is 3.52. The third kappa shape index (κ3) is 5.33. The molecule has 0 bridgehead atoms. The van der Waals surface area contributed by atoms with Crippen LogP contribution >= 0.6 is 11.8 Å². The van der Waals surface area contributed by atoms with Crippen molar-refractivity contribution in [1.82, 2.24) is 9.58 Å². The number of benzene rings is 2. The number of amides is 4. The molecule has 0 spiro atoms. The van der Waals surface area contributed by atoms with E-state index >= 15 is 0 Å². The monoisotopic (exact) mass is 492 g/mol. The van der Waals surface area contributed by atoms with Crippen LogP contribution in [0.25, 0.3) is 6.08 Å². The lowest BCUT2D eigenvalue weighted by Crippen LogP contribution is -2.36. The summed E-state index contributed by atoms with van der Waals surface area (Å²) >= 11 is 0.734. The Labute approximate surface area is 204 Å². The summed E-state index contributed by atoms with van der Waals surface area (Å²) in [4.78, 5) is 51.1. The molecule has 1 aliphatic heterocycles. The Morgan fingerprint density at radius 1 is 1.03 bits per heavy atom. The molecule has 3 aromatic rings. The number of aromatic nitrogens is 1. The lowest BCUT2D eigenvalue weighted by molar-refractivity contribution is -0.127. The van der Waals surface area contributed by atoms with Gasteiger partial charge in [-0.25, -0.2) is 4.39 Å². The van der Waals surface area contributed by atoms with Crippen molar-refractivity contribution in [3.8, 4) is 0 Å². The normalized spacial score (nSPS) is 14.5. The van der Waals surface area contributed by atoms with E-state index < -0.39 is 29.4 Å². The van der Waals surface area contributed by atoms with Gasteiger partial charge in [0.15, 0.2) is 0 Å². The second-order valence-electron chi connectivity index (χ2n) is 7.79. The number of rotatable bonds is 6. The molecule has 1 saturated heterocycles. The van der Waals surface area contributed by atoms with Crippen LogP contribution in [0.15, 0.2) is 65.6 Å². The molecule has 35 heavy (non-hydrogen) atoms. The molecule has 2 aromatic carbocycles. The second-order valence-corrected chi connectivity index (χ2v) is 8.78. The second kappa shape index (κ2) is 9.98. The quantitative estimate of drug-likeness (QED) is 0.500. The van der Waals surface area contributed by atoms with Crippen LogP contribution in [-0.4, -0.2) is 39.1 Å². The molecule has 0 atom stereocenters. The van der Waals surface area contributed by atoms with Crippen molar-refractivity contribution < 1.29 is 23.6 Å². The highest BCUT2D eigenvalue weighted by atomic mass is 32.2. The van der Waals surface area contributed by atoms with Gasteiger partial charge < -0.3 is 5.32 Å². The van der Waals surface area contributed by atoms with Gasteiger partial charge in [0, 0.05) is 22.6 Å². The Kier molecular flexibility index (Phi) is 6.83. The zero-order valence-corrected chi connectivity index (χ0v) is 19.7. The average molecular weight is 493 g/mol. The van der Waals surface area contributed by atoms with E-state index in [0.717, 1.165) is 22.4 Å². The average Bonchev–Trinajstić information content (AvgIpc) is 3.25. The van der Waals surface area contributed by atoms with E-state index in [2.05, 4.69) is 10.7 Å². The Morgan fingerprint density at radius 2 is 1.71 bits per heavy atom. The van der Waals surface area contributed by atoms with Crippen LogP contribution in [0.3, 0.4) is 0 Å². The zero-order valence-electron chi connectivity index (χ0n) is 18.9. The first-order valence-corrected chi connectivity index (χ1v) is 11.4. The molecule has 0 radical (unpaired) electrons. The predicted octanol–water partition coefficient (Wildman–Crippen LogP) is 4.30. The van der Waals surface area contributed by atoms with Gasteiger partial charge in [0.25, 0.3) is 17.1 Å². The number of anilines is 1. The molecule has 4 amide bonds. The van der Waals surface area contributed by atoms with Crippen molar-refractivity contribution in [2.45, 2.75) is 13.8 Å². The summed E-state index contributed by atoms with van der Waals surface area (Å²) in [7, 11) is 0. The van der Waals surface area contributed by atoms with Gasteiger partial charge in [0.2, 0.25) is 5.91 Å². The lowest BCUT2D eigenvalue weighted by Gasteiger charge is -2.12. The summed E-state index contributed by atoms with van der Waals surface area (Å²) in [5.41, 5.74) is 5.73. The number of nitrogens with zero attached hydrogens (tertiary/aromatic N) is 2. The molecule has 4 rings (SSSR count). The largest absolute Gasteiger partial charge is 0.325 e. The van der Waals surface area contributed by atoms with E-state index in [9.17, 15) is 23.6 Å². The fourth-order valence-corrected chi connectivity index (χ4v) is 4.35. The number of imide groups is 1. The minimum Gasteiger partial charge on any atom is -0.325 e. The maximum absolute atomic E-state index is 13.0. The van der Waals surface area contributed by atoms with Crippen molar-refractivity contribution in [3.05, 3.63) is 93.9 Å². The van der Waals surface area contributed by atoms with Gasteiger partial charge in [-0.1, -0.05) is 18.2 Å². The van der Waals surface area contributed by atoms with Gasteiger partial charge in [-0.05, 0) is 79.7 Å². The molecule has 8 nitrogen and oxygen atoms in total. The number of hydrogen-bond donors (Lipinski definition) is 2. The Hall–Kier alpha value is -4.18. The highest BCUT2D eigenvalue weighted by Gasteiger charge is 2.36. The predicted molar refractivity (Wildman–Crippen MR) is 132 cm³/mol. The van der Waals surface area contributed by atoms with Crippen molar-refractivity contribution in [2.24, 2.45) is 0 Å². The Balaban J connectivity index is 1.47. The summed E-state index contributed by atoms with van der Waals surface area (Å²) in [6.07, 6.45) is 1.57. The van der Waals surface area contributed by atoms with Crippen molar-refractivity contribution in [3.63, 3.8) is 0 Å². The van der Waals surface area contributed by atoms with Crippen molar-refractivity contribution in [2.75, 3.05) is 17.3 Å². The number of aryl methyl sites for hydroxylation is 1. The van der Waals surface area contributed by atoms with Gasteiger partial charge >= 0.3 is 0 Å². The Morgan fingerprint density at radius 3 is 2.40 bits per heavy atom. The zero-order chi connectivity index (χ0) is 25.1. The minimum atomic E-state index is -0.590. The molecule has 2 N–H and O–H groups in total. The summed E-state index contributed by atoms with van der Waals surface area (Å²) in [5.74, 6) is -1.90. The number of thioether (sulfide) groups is 1. The first-order chi connectivity index (χ1) is 16.7. The molecule has 0 saturated carbocycles. The highest BCUT2D eigenvalue weighted by Crippen LogP contribution is 2.33. The first kappa shape index (κ1) is 24.0. The molecular weight excluding hydrogens is 471 g/mol. The number of carbonyl (C=O) groups excluding carboxylic acids is 4. The summed E-state index contributed by atoms with van der Waals surface area (Å²) in [6, 6.07) is 15.7. The maximum atomic E-state index is 13.0. The molecule has 178 valence electrons. The van der Waals surface area contributed by atoms with E-state index in [0.29, 0.717) is 22.5 Å². The smallest absolute Gasteiger partial charge is 0.294 e. The van der Waals surface area contributed by atoms with Crippen molar-refractivity contribution in [1.29, 1.82) is 0 Å². The van der Waals surface area contributed by atoms with Crippen LogP contribution < -0.4 is 10.7 Å². The first-order valence-electron chi connectivity index (χ1n) is 10.6. The van der Waals surface area contributed by atoms with Gasteiger partial charge in [0.1, 0.15) is 12.4 Å². The Bertz CT molecular complexity index is 1350. The number of carbonyl (C=O) groups is 4. The molecule has 10 heteroatoms. The highest BCUT2D eigenvalue weighted by molar-refractivity contribution is 8.18. The van der Waals surface area contributed by atoms with Gasteiger partial charge in [-0.3, -0.25) is 34.2 Å². The summed E-state index contributed by atoms with van der Waals surface area (Å²) in [6.45, 7) is 3.12. The van der Waals surface area contributed by atoms with Crippen LogP contribution in [0.4, 0.5) is 14.9 Å². The van der Waals surface area contributed by atoms with E-state index in [-0.39, 0.29) is 10.8 Å². The van der Waals surface area contributed by atoms with E-state index in [4.69, 9.17) is 0 Å². The lowest BCUT2D eigenvalue weighted by atomic mass is 10.2. The molecule has 1 aromatic heterocycles. The number of nitrogens with one attached hydrogen (secondary N) is 2. The van der Waals surface area contributed by atoms with Crippen LogP contribution in [0.1, 0.15) is 27.3 Å². The van der Waals surface area contributed by atoms with Crippen LogP contribution in [0.5, 0.6) is 0 Å². The molecule has 1 aliphatic rings. The molecule has 2 heterocycles. The molecule has 0 aliphatic carbocycles. The van der Waals surface area contributed by atoms with Crippen LogP contribution in [0.2, 0.25) is 0 Å². The van der Waals surface area contributed by atoms with Crippen LogP contribution in [0, 0.1) is 19.7 Å². The minimum absolute atomic E-state index is 0.166. The van der Waals surface area contributed by atoms with Gasteiger partial charge in [-0.2, -0.15) is 0 Å². The molecule has 1 fully saturated rings.